The van der Waals surface area contributed by atoms with Crippen molar-refractivity contribution in [3.8, 4) is 0 Å². The highest BCUT2D eigenvalue weighted by Crippen LogP contribution is 2.46. The van der Waals surface area contributed by atoms with Crippen molar-refractivity contribution in [1.29, 1.82) is 0 Å². The lowest BCUT2D eigenvalue weighted by Crippen LogP contribution is -2.22. The topological polar surface area (TPSA) is 9.23 Å². The number of halogens is 2. The average molecular weight is 472 g/mol. The van der Waals surface area contributed by atoms with Gasteiger partial charge in [0.05, 0.1) is 12.2 Å². The summed E-state index contributed by atoms with van der Waals surface area (Å²) in [5, 5.41) is 0. The Bertz CT molecular complexity index is 790. The highest BCUT2D eigenvalue weighted by molar-refractivity contribution is 9.10. The molecule has 1 aliphatic heterocycles. The summed E-state index contributed by atoms with van der Waals surface area (Å²) in [5.74, 6) is 0.493. The van der Waals surface area contributed by atoms with E-state index in [1.165, 1.54) is 16.7 Å². The molecule has 0 bridgehead atoms. The summed E-state index contributed by atoms with van der Waals surface area (Å²) in [5.41, 5.74) is 3.90. The van der Waals surface area contributed by atoms with Gasteiger partial charge in [-0.15, -0.1) is 0 Å². The average Bonchev–Trinajstić information content (AvgIpc) is 2.69. The van der Waals surface area contributed by atoms with Crippen LogP contribution >= 0.6 is 31.9 Å². The van der Waals surface area contributed by atoms with Gasteiger partial charge >= 0.3 is 0 Å². The Morgan fingerprint density at radius 1 is 0.577 bits per heavy atom. The normalized spacial score (nSPS) is 22.9. The SMILES string of the molecule is Brc1ccc([C@@H]2CC(c3ccccc3)C[C@H](c3ccc(Br)cc3)O2)cc1. The van der Waals surface area contributed by atoms with E-state index in [0.717, 1.165) is 21.8 Å². The van der Waals surface area contributed by atoms with Gasteiger partial charge in [0.1, 0.15) is 0 Å². The van der Waals surface area contributed by atoms with Gasteiger partial charge in [-0.1, -0.05) is 86.5 Å². The predicted molar refractivity (Wildman–Crippen MR) is 113 cm³/mol. The maximum atomic E-state index is 6.56. The summed E-state index contributed by atoms with van der Waals surface area (Å²) >= 11 is 7.06. The molecule has 1 nitrogen and oxygen atoms in total. The lowest BCUT2D eigenvalue weighted by Gasteiger charge is -2.36. The van der Waals surface area contributed by atoms with Crippen LogP contribution in [0.4, 0.5) is 0 Å². The van der Waals surface area contributed by atoms with E-state index >= 15 is 0 Å². The molecule has 0 saturated carbocycles. The molecule has 1 heterocycles. The van der Waals surface area contributed by atoms with E-state index in [2.05, 4.69) is 111 Å². The second-order valence-corrected chi connectivity index (χ2v) is 8.63. The van der Waals surface area contributed by atoms with E-state index in [4.69, 9.17) is 4.74 Å². The minimum absolute atomic E-state index is 0.107. The molecule has 1 fully saturated rings. The van der Waals surface area contributed by atoms with Crippen molar-refractivity contribution in [3.05, 3.63) is 104 Å². The van der Waals surface area contributed by atoms with Crippen LogP contribution in [-0.2, 0) is 4.74 Å². The fourth-order valence-electron chi connectivity index (χ4n) is 3.70. The molecule has 1 saturated heterocycles. The Balaban J connectivity index is 1.66. The van der Waals surface area contributed by atoms with E-state index in [0.29, 0.717) is 5.92 Å². The fourth-order valence-corrected chi connectivity index (χ4v) is 4.23. The third-order valence-corrected chi connectivity index (χ3v) is 6.14. The van der Waals surface area contributed by atoms with Crippen molar-refractivity contribution in [2.24, 2.45) is 0 Å². The molecule has 3 aromatic carbocycles. The van der Waals surface area contributed by atoms with E-state index in [9.17, 15) is 0 Å². The molecule has 0 aromatic heterocycles. The molecule has 1 aliphatic rings. The quantitative estimate of drug-likeness (QED) is 0.382. The zero-order valence-corrected chi connectivity index (χ0v) is 17.5. The van der Waals surface area contributed by atoms with E-state index < -0.39 is 0 Å². The Morgan fingerprint density at radius 2 is 1.04 bits per heavy atom. The molecule has 0 radical (unpaired) electrons. The smallest absolute Gasteiger partial charge is 0.0839 e. The summed E-state index contributed by atoms with van der Waals surface area (Å²) in [4.78, 5) is 0. The highest BCUT2D eigenvalue weighted by Gasteiger charge is 2.32. The summed E-state index contributed by atoms with van der Waals surface area (Å²) in [7, 11) is 0. The molecular formula is C23H20Br2O. The van der Waals surface area contributed by atoms with Crippen LogP contribution in [0.2, 0.25) is 0 Å². The van der Waals surface area contributed by atoms with Crippen LogP contribution in [0.1, 0.15) is 47.7 Å². The molecule has 26 heavy (non-hydrogen) atoms. The van der Waals surface area contributed by atoms with Gasteiger partial charge in [0.25, 0.3) is 0 Å². The first-order valence-corrected chi connectivity index (χ1v) is 10.5. The first-order valence-electron chi connectivity index (χ1n) is 8.90. The van der Waals surface area contributed by atoms with Crippen LogP contribution < -0.4 is 0 Å². The third kappa shape index (κ3) is 4.11. The van der Waals surface area contributed by atoms with Gasteiger partial charge in [-0.05, 0) is 59.7 Å². The second kappa shape index (κ2) is 8.08. The van der Waals surface area contributed by atoms with Crippen LogP contribution in [0.15, 0.2) is 87.8 Å². The molecule has 1 unspecified atom stereocenters. The number of hydrogen-bond acceptors (Lipinski definition) is 1. The second-order valence-electron chi connectivity index (χ2n) is 6.80. The number of ether oxygens (including phenoxy) is 1. The van der Waals surface area contributed by atoms with Crippen LogP contribution in [0.3, 0.4) is 0 Å². The van der Waals surface area contributed by atoms with Gasteiger partial charge in [-0.2, -0.15) is 0 Å². The Hall–Kier alpha value is -1.42. The van der Waals surface area contributed by atoms with E-state index in [-0.39, 0.29) is 12.2 Å². The van der Waals surface area contributed by atoms with Crippen molar-refractivity contribution in [1.82, 2.24) is 0 Å². The minimum atomic E-state index is 0.107. The zero-order valence-electron chi connectivity index (χ0n) is 14.3. The Labute approximate surface area is 171 Å². The van der Waals surface area contributed by atoms with Gasteiger partial charge < -0.3 is 4.74 Å². The molecule has 3 aromatic rings. The van der Waals surface area contributed by atoms with Crippen molar-refractivity contribution >= 4 is 31.9 Å². The van der Waals surface area contributed by atoms with Crippen LogP contribution in [-0.4, -0.2) is 0 Å². The lowest BCUT2D eigenvalue weighted by atomic mass is 9.82. The van der Waals surface area contributed by atoms with Crippen LogP contribution in [0, 0.1) is 0 Å². The molecule has 3 heteroatoms. The summed E-state index contributed by atoms with van der Waals surface area (Å²) in [6.45, 7) is 0. The summed E-state index contributed by atoms with van der Waals surface area (Å²) in [6, 6.07) is 27.9. The molecule has 132 valence electrons. The third-order valence-electron chi connectivity index (χ3n) is 5.08. The van der Waals surface area contributed by atoms with Crippen molar-refractivity contribution in [2.45, 2.75) is 31.0 Å². The summed E-state index contributed by atoms with van der Waals surface area (Å²) in [6.07, 6.45) is 2.24. The monoisotopic (exact) mass is 470 g/mol. The largest absolute Gasteiger partial charge is 0.366 e. The number of hydrogen-bond donors (Lipinski definition) is 0. The van der Waals surface area contributed by atoms with E-state index in [1.54, 1.807) is 0 Å². The lowest BCUT2D eigenvalue weighted by molar-refractivity contribution is -0.0619. The van der Waals surface area contributed by atoms with E-state index in [1.807, 2.05) is 0 Å². The van der Waals surface area contributed by atoms with Gasteiger partial charge in [-0.3, -0.25) is 0 Å². The molecule has 0 N–H and O–H groups in total. The van der Waals surface area contributed by atoms with Gasteiger partial charge in [0, 0.05) is 8.95 Å². The first-order chi connectivity index (χ1) is 12.7. The minimum Gasteiger partial charge on any atom is -0.366 e. The molecule has 0 amide bonds. The zero-order chi connectivity index (χ0) is 17.9. The number of benzene rings is 3. The standard InChI is InChI=1S/C23H20Br2O/c24-20-10-6-17(7-11-20)22-14-19(16-4-2-1-3-5-16)15-23(26-22)18-8-12-21(25)13-9-18/h1-13,19,22-23H,14-15H2/t19?,22-,23+. The maximum Gasteiger partial charge on any atom is 0.0839 e. The van der Waals surface area contributed by atoms with Crippen LogP contribution in [0.25, 0.3) is 0 Å². The van der Waals surface area contributed by atoms with Crippen LogP contribution in [0.5, 0.6) is 0 Å². The molecular weight excluding hydrogens is 452 g/mol. The van der Waals surface area contributed by atoms with Gasteiger partial charge in [-0.25, -0.2) is 0 Å². The van der Waals surface area contributed by atoms with Gasteiger partial charge in [0.15, 0.2) is 0 Å². The van der Waals surface area contributed by atoms with Gasteiger partial charge in [0.2, 0.25) is 0 Å². The van der Waals surface area contributed by atoms with Crippen molar-refractivity contribution in [3.63, 3.8) is 0 Å². The Morgan fingerprint density at radius 3 is 1.50 bits per heavy atom. The molecule has 0 spiro atoms. The maximum absolute atomic E-state index is 6.56. The molecule has 3 atom stereocenters. The molecule has 0 aliphatic carbocycles. The Kier molecular flexibility index (Phi) is 5.58. The predicted octanol–water partition coefficient (Wildman–Crippen LogP) is 7.59. The number of rotatable bonds is 3. The van der Waals surface area contributed by atoms with Crippen molar-refractivity contribution < 1.29 is 4.74 Å². The van der Waals surface area contributed by atoms with Crippen molar-refractivity contribution in [2.75, 3.05) is 0 Å². The summed E-state index contributed by atoms with van der Waals surface area (Å²) < 4.78 is 8.76. The molecule has 4 rings (SSSR count). The fraction of sp³-hybridized carbons (Fsp3) is 0.217. The first kappa shape index (κ1) is 18.0. The highest BCUT2D eigenvalue weighted by atomic mass is 79.9.